The number of hydrogen-bond donors (Lipinski definition) is 1. The molecule has 3 nitrogen and oxygen atoms in total. The van der Waals surface area contributed by atoms with Gasteiger partial charge in [0.25, 0.3) is 6.43 Å². The first kappa shape index (κ1) is 11.1. The molecule has 0 saturated heterocycles. The zero-order valence-corrected chi connectivity index (χ0v) is 7.98. The molecule has 1 aromatic rings. The largest absolute Gasteiger partial charge is 0.478 e. The van der Waals surface area contributed by atoms with Gasteiger partial charge in [-0.15, -0.1) is 0 Å². The standard InChI is InChI=1S/C7H3Cl2F2NO2/c8-3-1-2(7(13)14)4(6(10)11)5(9)12-3/h1,6H,(H,13,14). The van der Waals surface area contributed by atoms with E-state index in [1.54, 1.807) is 0 Å². The van der Waals surface area contributed by atoms with Gasteiger partial charge in [0.1, 0.15) is 10.3 Å². The summed E-state index contributed by atoms with van der Waals surface area (Å²) < 4.78 is 24.7. The number of pyridine rings is 1. The van der Waals surface area contributed by atoms with Crippen LogP contribution >= 0.6 is 23.2 Å². The van der Waals surface area contributed by atoms with Gasteiger partial charge in [0.2, 0.25) is 0 Å². The van der Waals surface area contributed by atoms with Crippen molar-refractivity contribution in [1.82, 2.24) is 4.98 Å². The molecule has 0 aliphatic carbocycles. The first-order chi connectivity index (χ1) is 6.43. The monoisotopic (exact) mass is 241 g/mol. The molecule has 0 unspecified atom stereocenters. The predicted molar refractivity (Wildman–Crippen MR) is 46.2 cm³/mol. The average Bonchev–Trinajstić information content (AvgIpc) is 2.01. The highest BCUT2D eigenvalue weighted by Gasteiger charge is 2.23. The highest BCUT2D eigenvalue weighted by molar-refractivity contribution is 6.33. The Kier molecular flexibility index (Phi) is 3.23. The molecule has 76 valence electrons. The molecule has 0 amide bonds. The van der Waals surface area contributed by atoms with Crippen molar-refractivity contribution in [3.05, 3.63) is 27.5 Å². The fourth-order valence-corrected chi connectivity index (χ4v) is 1.39. The van der Waals surface area contributed by atoms with Gasteiger partial charge in [-0.3, -0.25) is 0 Å². The molecule has 0 aliphatic rings. The van der Waals surface area contributed by atoms with Gasteiger partial charge in [-0.25, -0.2) is 18.6 Å². The molecule has 0 radical (unpaired) electrons. The molecule has 0 aliphatic heterocycles. The maximum atomic E-state index is 12.3. The van der Waals surface area contributed by atoms with Crippen LogP contribution in [0.1, 0.15) is 22.3 Å². The van der Waals surface area contributed by atoms with Gasteiger partial charge in [0.15, 0.2) is 0 Å². The van der Waals surface area contributed by atoms with E-state index >= 15 is 0 Å². The summed E-state index contributed by atoms with van der Waals surface area (Å²) in [6.07, 6.45) is -3.00. The Morgan fingerprint density at radius 3 is 2.50 bits per heavy atom. The minimum absolute atomic E-state index is 0.239. The lowest BCUT2D eigenvalue weighted by Gasteiger charge is -2.06. The Balaban J connectivity index is 3.44. The topological polar surface area (TPSA) is 50.2 Å². The van der Waals surface area contributed by atoms with E-state index in [0.717, 1.165) is 6.07 Å². The fourth-order valence-electron chi connectivity index (χ4n) is 0.879. The summed E-state index contributed by atoms with van der Waals surface area (Å²) in [5.74, 6) is -1.52. The van der Waals surface area contributed by atoms with Crippen LogP contribution in [-0.2, 0) is 0 Å². The van der Waals surface area contributed by atoms with E-state index in [4.69, 9.17) is 28.3 Å². The van der Waals surface area contributed by atoms with Crippen LogP contribution in [0.5, 0.6) is 0 Å². The fraction of sp³-hybridized carbons (Fsp3) is 0.143. The highest BCUT2D eigenvalue weighted by atomic mass is 35.5. The Morgan fingerprint density at radius 1 is 1.50 bits per heavy atom. The van der Waals surface area contributed by atoms with Crippen molar-refractivity contribution in [2.24, 2.45) is 0 Å². The van der Waals surface area contributed by atoms with E-state index < -0.39 is 28.7 Å². The Hall–Kier alpha value is -0.940. The van der Waals surface area contributed by atoms with Crippen molar-refractivity contribution >= 4 is 29.2 Å². The third-order valence-electron chi connectivity index (χ3n) is 1.43. The van der Waals surface area contributed by atoms with E-state index in [2.05, 4.69) is 4.98 Å². The zero-order valence-electron chi connectivity index (χ0n) is 6.47. The van der Waals surface area contributed by atoms with Gasteiger partial charge < -0.3 is 5.11 Å². The molecule has 14 heavy (non-hydrogen) atoms. The van der Waals surface area contributed by atoms with E-state index in [1.807, 2.05) is 0 Å². The SMILES string of the molecule is O=C(O)c1cc(Cl)nc(Cl)c1C(F)F. The quantitative estimate of drug-likeness (QED) is 0.810. The van der Waals surface area contributed by atoms with Crippen LogP contribution in [0.2, 0.25) is 10.3 Å². The van der Waals surface area contributed by atoms with E-state index in [0.29, 0.717) is 0 Å². The average molecular weight is 242 g/mol. The van der Waals surface area contributed by atoms with Crippen LogP contribution in [0.3, 0.4) is 0 Å². The highest BCUT2D eigenvalue weighted by Crippen LogP contribution is 2.30. The third kappa shape index (κ3) is 2.10. The molecular weight excluding hydrogens is 239 g/mol. The van der Waals surface area contributed by atoms with Gasteiger partial charge in [-0.05, 0) is 6.07 Å². The van der Waals surface area contributed by atoms with Crippen molar-refractivity contribution < 1.29 is 18.7 Å². The molecule has 1 N–H and O–H groups in total. The summed E-state index contributed by atoms with van der Waals surface area (Å²) in [5, 5.41) is 7.75. The number of aromatic nitrogens is 1. The summed E-state index contributed by atoms with van der Waals surface area (Å²) >= 11 is 10.7. The van der Waals surface area contributed by atoms with Crippen LogP contribution in [0.4, 0.5) is 8.78 Å². The van der Waals surface area contributed by atoms with E-state index in [1.165, 1.54) is 0 Å². The number of carbonyl (C=O) groups is 1. The van der Waals surface area contributed by atoms with Gasteiger partial charge in [-0.1, -0.05) is 23.2 Å². The third-order valence-corrected chi connectivity index (χ3v) is 1.91. The van der Waals surface area contributed by atoms with Crippen molar-refractivity contribution in [3.63, 3.8) is 0 Å². The minimum atomic E-state index is -3.00. The van der Waals surface area contributed by atoms with Crippen molar-refractivity contribution in [2.75, 3.05) is 0 Å². The molecule has 0 bridgehead atoms. The van der Waals surface area contributed by atoms with Crippen LogP contribution < -0.4 is 0 Å². The lowest BCUT2D eigenvalue weighted by atomic mass is 10.1. The van der Waals surface area contributed by atoms with Crippen LogP contribution in [0.15, 0.2) is 6.07 Å². The molecule has 0 aromatic carbocycles. The predicted octanol–water partition coefficient (Wildman–Crippen LogP) is 3.02. The number of carboxylic acids is 1. The number of halogens is 4. The molecule has 1 rings (SSSR count). The molecule has 1 aromatic heterocycles. The first-order valence-electron chi connectivity index (χ1n) is 3.31. The minimum Gasteiger partial charge on any atom is -0.478 e. The van der Waals surface area contributed by atoms with Crippen LogP contribution in [0.25, 0.3) is 0 Å². The molecule has 7 heteroatoms. The molecule has 0 fully saturated rings. The summed E-state index contributed by atoms with van der Waals surface area (Å²) in [4.78, 5) is 13.9. The van der Waals surface area contributed by atoms with Crippen LogP contribution in [-0.4, -0.2) is 16.1 Å². The molecular formula is C7H3Cl2F2NO2. The van der Waals surface area contributed by atoms with E-state index in [-0.39, 0.29) is 5.15 Å². The second kappa shape index (κ2) is 4.06. The smallest absolute Gasteiger partial charge is 0.336 e. The van der Waals surface area contributed by atoms with Crippen molar-refractivity contribution in [1.29, 1.82) is 0 Å². The lowest BCUT2D eigenvalue weighted by Crippen LogP contribution is -2.05. The summed E-state index contributed by atoms with van der Waals surface area (Å²) in [6, 6.07) is 0.831. The number of hydrogen-bond acceptors (Lipinski definition) is 2. The second-order valence-electron chi connectivity index (χ2n) is 2.30. The Labute approximate surface area is 87.3 Å². The number of nitrogens with zero attached hydrogens (tertiary/aromatic N) is 1. The molecule has 0 saturated carbocycles. The Morgan fingerprint density at radius 2 is 2.07 bits per heavy atom. The number of alkyl halides is 2. The first-order valence-corrected chi connectivity index (χ1v) is 4.06. The van der Waals surface area contributed by atoms with Gasteiger partial charge in [-0.2, -0.15) is 0 Å². The van der Waals surface area contributed by atoms with E-state index in [9.17, 15) is 13.6 Å². The zero-order chi connectivity index (χ0) is 10.9. The van der Waals surface area contributed by atoms with Gasteiger partial charge >= 0.3 is 5.97 Å². The van der Waals surface area contributed by atoms with Gasteiger partial charge in [0.05, 0.1) is 11.1 Å². The number of aromatic carboxylic acids is 1. The maximum Gasteiger partial charge on any atom is 0.336 e. The molecule has 0 spiro atoms. The van der Waals surface area contributed by atoms with Crippen molar-refractivity contribution in [3.8, 4) is 0 Å². The molecule has 1 heterocycles. The normalized spacial score (nSPS) is 10.6. The number of carboxylic acid groups (broad SMARTS) is 1. The number of rotatable bonds is 2. The maximum absolute atomic E-state index is 12.3. The summed E-state index contributed by atoms with van der Waals surface area (Å²) in [6.45, 7) is 0. The van der Waals surface area contributed by atoms with Gasteiger partial charge in [0, 0.05) is 0 Å². The molecule has 0 atom stereocenters. The lowest BCUT2D eigenvalue weighted by molar-refractivity contribution is 0.0684. The summed E-state index contributed by atoms with van der Waals surface area (Å²) in [7, 11) is 0. The summed E-state index contributed by atoms with van der Waals surface area (Å²) in [5.41, 5.74) is -1.45. The Bertz CT molecular complexity index is 384. The second-order valence-corrected chi connectivity index (χ2v) is 3.05. The van der Waals surface area contributed by atoms with Crippen molar-refractivity contribution in [2.45, 2.75) is 6.43 Å². The van der Waals surface area contributed by atoms with Crippen LogP contribution in [0, 0.1) is 0 Å².